The molecule has 2 atom stereocenters. The van der Waals surface area contributed by atoms with Gasteiger partial charge >= 0.3 is 6.09 Å². The predicted octanol–water partition coefficient (Wildman–Crippen LogP) is 2.77. The summed E-state index contributed by atoms with van der Waals surface area (Å²) in [6, 6.07) is 0.377. The van der Waals surface area contributed by atoms with Crippen LogP contribution in [-0.2, 0) is 11.3 Å². The van der Waals surface area contributed by atoms with Crippen molar-refractivity contribution in [3.8, 4) is 0 Å². The fraction of sp³-hybridized carbons (Fsp3) is 0.750. The van der Waals surface area contributed by atoms with Gasteiger partial charge in [0.1, 0.15) is 11.4 Å². The number of aryl methyl sites for hydroxylation is 1. The van der Waals surface area contributed by atoms with Crippen molar-refractivity contribution in [2.24, 2.45) is 5.92 Å². The minimum absolute atomic E-state index is 0.346. The van der Waals surface area contributed by atoms with Crippen molar-refractivity contribution in [1.82, 2.24) is 15.6 Å². The monoisotopic (exact) mass is 309 g/mol. The maximum Gasteiger partial charge on any atom is 0.407 e. The van der Waals surface area contributed by atoms with Gasteiger partial charge in [0.25, 0.3) is 0 Å². The first-order valence-electron chi connectivity index (χ1n) is 7.95. The smallest absolute Gasteiger partial charge is 0.407 e. The zero-order chi connectivity index (χ0) is 16.2. The standard InChI is InChI=1S/C16H27N3O3/c1-11-8-18-14(21-11)10-17-13-7-5-6-12(13)9-19-15(20)22-16(2,3)4/h8,12-13,17H,5-7,9-10H2,1-4H3,(H,19,20). The van der Waals surface area contributed by atoms with Crippen molar-refractivity contribution in [2.75, 3.05) is 6.54 Å². The number of ether oxygens (including phenoxy) is 1. The fourth-order valence-electron chi connectivity index (χ4n) is 2.78. The van der Waals surface area contributed by atoms with E-state index in [4.69, 9.17) is 9.15 Å². The number of alkyl carbamates (subject to hydrolysis) is 1. The van der Waals surface area contributed by atoms with Crippen LogP contribution in [0, 0.1) is 12.8 Å². The normalized spacial score (nSPS) is 21.8. The zero-order valence-corrected chi connectivity index (χ0v) is 13.9. The molecule has 2 unspecified atom stereocenters. The molecule has 0 radical (unpaired) electrons. The predicted molar refractivity (Wildman–Crippen MR) is 83.4 cm³/mol. The summed E-state index contributed by atoms with van der Waals surface area (Å²) in [5.74, 6) is 1.96. The molecule has 1 amide bonds. The van der Waals surface area contributed by atoms with Crippen molar-refractivity contribution in [3.63, 3.8) is 0 Å². The third-order valence-corrected chi connectivity index (χ3v) is 3.75. The molecule has 1 saturated carbocycles. The van der Waals surface area contributed by atoms with Crippen molar-refractivity contribution < 1.29 is 13.9 Å². The molecule has 1 aliphatic carbocycles. The second-order valence-corrected chi connectivity index (χ2v) is 6.93. The number of aromatic nitrogens is 1. The van der Waals surface area contributed by atoms with E-state index in [9.17, 15) is 4.79 Å². The van der Waals surface area contributed by atoms with E-state index in [1.807, 2.05) is 27.7 Å². The Balaban J connectivity index is 1.74. The van der Waals surface area contributed by atoms with E-state index in [1.54, 1.807) is 6.20 Å². The molecule has 0 saturated heterocycles. The van der Waals surface area contributed by atoms with E-state index in [1.165, 1.54) is 6.42 Å². The molecule has 0 bridgehead atoms. The number of carbonyl (C=O) groups excluding carboxylic acids is 1. The van der Waals surface area contributed by atoms with E-state index in [0.717, 1.165) is 18.6 Å². The quantitative estimate of drug-likeness (QED) is 0.874. The summed E-state index contributed by atoms with van der Waals surface area (Å²) in [7, 11) is 0. The fourth-order valence-corrected chi connectivity index (χ4v) is 2.78. The summed E-state index contributed by atoms with van der Waals surface area (Å²) < 4.78 is 10.7. The lowest BCUT2D eigenvalue weighted by Crippen LogP contribution is -2.40. The van der Waals surface area contributed by atoms with Gasteiger partial charge in [0.15, 0.2) is 0 Å². The average molecular weight is 309 g/mol. The third-order valence-electron chi connectivity index (χ3n) is 3.75. The van der Waals surface area contributed by atoms with Gasteiger partial charge in [-0.3, -0.25) is 0 Å². The van der Waals surface area contributed by atoms with Gasteiger partial charge in [-0.15, -0.1) is 0 Å². The van der Waals surface area contributed by atoms with E-state index < -0.39 is 5.60 Å². The highest BCUT2D eigenvalue weighted by molar-refractivity contribution is 5.67. The number of hydrogen-bond donors (Lipinski definition) is 2. The van der Waals surface area contributed by atoms with Gasteiger partial charge in [0, 0.05) is 12.6 Å². The van der Waals surface area contributed by atoms with Crippen molar-refractivity contribution in [2.45, 2.75) is 65.1 Å². The Morgan fingerprint density at radius 1 is 1.45 bits per heavy atom. The third kappa shape index (κ3) is 5.33. The molecule has 1 heterocycles. The maximum absolute atomic E-state index is 11.7. The Morgan fingerprint density at radius 2 is 2.23 bits per heavy atom. The van der Waals surface area contributed by atoms with Crippen LogP contribution >= 0.6 is 0 Å². The highest BCUT2D eigenvalue weighted by Crippen LogP contribution is 2.25. The van der Waals surface area contributed by atoms with E-state index in [2.05, 4.69) is 15.6 Å². The molecule has 1 aromatic rings. The highest BCUT2D eigenvalue weighted by Gasteiger charge is 2.28. The highest BCUT2D eigenvalue weighted by atomic mass is 16.6. The maximum atomic E-state index is 11.7. The Labute approximate surface area is 132 Å². The Hall–Kier alpha value is -1.56. The van der Waals surface area contributed by atoms with Crippen LogP contribution in [0.15, 0.2) is 10.6 Å². The molecule has 124 valence electrons. The lowest BCUT2D eigenvalue weighted by molar-refractivity contribution is 0.0517. The van der Waals surface area contributed by atoms with Gasteiger partial charge in [-0.1, -0.05) is 6.42 Å². The molecule has 2 N–H and O–H groups in total. The molecular weight excluding hydrogens is 282 g/mol. The Kier molecular flexibility index (Phi) is 5.45. The topological polar surface area (TPSA) is 76.4 Å². The van der Waals surface area contributed by atoms with Gasteiger partial charge in [0.2, 0.25) is 5.89 Å². The van der Waals surface area contributed by atoms with Crippen LogP contribution < -0.4 is 10.6 Å². The minimum atomic E-state index is -0.458. The number of carbonyl (C=O) groups is 1. The van der Waals surface area contributed by atoms with Crippen LogP contribution in [-0.4, -0.2) is 29.3 Å². The molecule has 6 nitrogen and oxygen atoms in total. The van der Waals surface area contributed by atoms with E-state index in [0.29, 0.717) is 30.9 Å². The molecule has 0 aromatic carbocycles. The first-order valence-corrected chi connectivity index (χ1v) is 7.95. The van der Waals surface area contributed by atoms with Crippen LogP contribution in [0.3, 0.4) is 0 Å². The lowest BCUT2D eigenvalue weighted by atomic mass is 10.0. The van der Waals surface area contributed by atoms with Gasteiger partial charge < -0.3 is 19.8 Å². The number of amides is 1. The van der Waals surface area contributed by atoms with Crippen molar-refractivity contribution in [3.05, 3.63) is 17.8 Å². The Morgan fingerprint density at radius 3 is 2.86 bits per heavy atom. The number of nitrogens with one attached hydrogen (secondary N) is 2. The number of oxazole rings is 1. The molecule has 1 fully saturated rings. The van der Waals surface area contributed by atoms with Crippen LogP contribution in [0.25, 0.3) is 0 Å². The van der Waals surface area contributed by atoms with Gasteiger partial charge in [0.05, 0.1) is 12.7 Å². The van der Waals surface area contributed by atoms with Crippen LogP contribution in [0.4, 0.5) is 4.79 Å². The van der Waals surface area contributed by atoms with Crippen LogP contribution in [0.5, 0.6) is 0 Å². The Bertz CT molecular complexity index is 493. The molecule has 0 aliphatic heterocycles. The molecule has 1 aromatic heterocycles. The molecule has 0 spiro atoms. The second kappa shape index (κ2) is 7.13. The SMILES string of the molecule is Cc1cnc(CNC2CCCC2CNC(=O)OC(C)(C)C)o1. The van der Waals surface area contributed by atoms with Crippen molar-refractivity contribution >= 4 is 6.09 Å². The van der Waals surface area contributed by atoms with E-state index >= 15 is 0 Å². The molecule has 2 rings (SSSR count). The first kappa shape index (κ1) is 16.8. The van der Waals surface area contributed by atoms with Gasteiger partial charge in [-0.25, -0.2) is 9.78 Å². The zero-order valence-electron chi connectivity index (χ0n) is 13.9. The number of hydrogen-bond acceptors (Lipinski definition) is 5. The summed E-state index contributed by atoms with van der Waals surface area (Å²) in [6.45, 7) is 8.75. The first-order chi connectivity index (χ1) is 10.3. The summed E-state index contributed by atoms with van der Waals surface area (Å²) in [5, 5.41) is 6.36. The molecule has 22 heavy (non-hydrogen) atoms. The van der Waals surface area contributed by atoms with Crippen LogP contribution in [0.2, 0.25) is 0 Å². The molecular formula is C16H27N3O3. The molecule has 1 aliphatic rings. The minimum Gasteiger partial charge on any atom is -0.445 e. The van der Waals surface area contributed by atoms with Crippen LogP contribution in [0.1, 0.15) is 51.7 Å². The number of nitrogens with zero attached hydrogens (tertiary/aromatic N) is 1. The summed E-state index contributed by atoms with van der Waals surface area (Å²) in [4.78, 5) is 15.9. The summed E-state index contributed by atoms with van der Waals surface area (Å²) >= 11 is 0. The van der Waals surface area contributed by atoms with Gasteiger partial charge in [-0.2, -0.15) is 0 Å². The van der Waals surface area contributed by atoms with E-state index in [-0.39, 0.29) is 6.09 Å². The van der Waals surface area contributed by atoms with Crippen molar-refractivity contribution in [1.29, 1.82) is 0 Å². The summed E-state index contributed by atoms with van der Waals surface area (Å²) in [5.41, 5.74) is -0.458. The van der Waals surface area contributed by atoms with Gasteiger partial charge in [-0.05, 0) is 46.5 Å². The summed E-state index contributed by atoms with van der Waals surface area (Å²) in [6.07, 6.45) is 4.77. The largest absolute Gasteiger partial charge is 0.445 e. The molecule has 6 heteroatoms. The number of rotatable bonds is 5. The second-order valence-electron chi connectivity index (χ2n) is 6.93. The lowest BCUT2D eigenvalue weighted by Gasteiger charge is -2.23. The average Bonchev–Trinajstić information content (AvgIpc) is 3.00.